The van der Waals surface area contributed by atoms with Crippen LogP contribution in [0.3, 0.4) is 0 Å². The molecule has 0 radical (unpaired) electrons. The second-order valence-electron chi connectivity index (χ2n) is 2.30. The Kier molecular flexibility index (Phi) is 7.13. The number of carbonyl (C=O) groups is 2. The molecule has 7 heteroatoms. The molecule has 2 N–H and O–H groups in total. The highest BCUT2D eigenvalue weighted by atomic mass is 35.5. The van der Waals surface area contributed by atoms with E-state index in [1.807, 2.05) is 0 Å². The Morgan fingerprint density at radius 3 is 1.87 bits per heavy atom. The first-order chi connectivity index (χ1) is 6.02. The molecule has 1 aromatic carbocycles. The van der Waals surface area contributed by atoms with Gasteiger partial charge >= 0.3 is 11.9 Å². The van der Waals surface area contributed by atoms with Crippen LogP contribution >= 0.6 is 36.4 Å². The van der Waals surface area contributed by atoms with Crippen molar-refractivity contribution in [3.63, 3.8) is 0 Å². The SMILES string of the molecule is Cl.Cl.O=C(O)c1ccc(Cl)cc1C(=O)O. The monoisotopic (exact) mass is 272 g/mol. The van der Waals surface area contributed by atoms with Gasteiger partial charge in [0.2, 0.25) is 0 Å². The lowest BCUT2D eigenvalue weighted by atomic mass is 10.1. The summed E-state index contributed by atoms with van der Waals surface area (Å²) in [5, 5.41) is 17.4. The first-order valence-electron chi connectivity index (χ1n) is 3.28. The average molecular weight is 273 g/mol. The second kappa shape index (κ2) is 6.50. The van der Waals surface area contributed by atoms with Crippen molar-refractivity contribution in [3.8, 4) is 0 Å². The number of halogens is 3. The molecule has 0 heterocycles. The molecule has 0 aliphatic heterocycles. The molecule has 1 rings (SSSR count). The fraction of sp³-hybridized carbons (Fsp3) is 0. The van der Waals surface area contributed by atoms with Gasteiger partial charge in [-0.3, -0.25) is 0 Å². The number of carboxylic acid groups (broad SMARTS) is 2. The zero-order valence-electron chi connectivity index (χ0n) is 7.14. The van der Waals surface area contributed by atoms with Crippen LogP contribution in [0.2, 0.25) is 5.02 Å². The summed E-state index contributed by atoms with van der Waals surface area (Å²) in [5.41, 5.74) is -0.572. The van der Waals surface area contributed by atoms with Crippen LogP contribution in [0.5, 0.6) is 0 Å². The van der Waals surface area contributed by atoms with E-state index in [1.165, 1.54) is 6.07 Å². The number of rotatable bonds is 2. The highest BCUT2D eigenvalue weighted by Gasteiger charge is 2.15. The highest BCUT2D eigenvalue weighted by Crippen LogP contribution is 2.16. The molecule has 84 valence electrons. The summed E-state index contributed by atoms with van der Waals surface area (Å²) in [4.78, 5) is 21.1. The average Bonchev–Trinajstić information content (AvgIpc) is 2.03. The topological polar surface area (TPSA) is 74.6 Å². The van der Waals surface area contributed by atoms with Gasteiger partial charge in [-0.15, -0.1) is 24.8 Å². The summed E-state index contributed by atoms with van der Waals surface area (Å²) in [6, 6.07) is 3.60. The molecule has 0 unspecified atom stereocenters. The molecule has 15 heavy (non-hydrogen) atoms. The standard InChI is InChI=1S/C8H5ClO4.2ClH/c9-4-1-2-5(7(10)11)6(3-4)8(12)13;;/h1-3H,(H,10,11)(H,12,13);2*1H. The van der Waals surface area contributed by atoms with Crippen LogP contribution in [0, 0.1) is 0 Å². The fourth-order valence-electron chi connectivity index (χ4n) is 0.880. The van der Waals surface area contributed by atoms with E-state index in [1.54, 1.807) is 0 Å². The Labute approximate surface area is 103 Å². The summed E-state index contributed by atoms with van der Waals surface area (Å²) >= 11 is 5.51. The van der Waals surface area contributed by atoms with Gasteiger partial charge in [0.05, 0.1) is 11.1 Å². The number of carboxylic acids is 2. The van der Waals surface area contributed by atoms with E-state index in [2.05, 4.69) is 0 Å². The minimum atomic E-state index is -1.31. The van der Waals surface area contributed by atoms with E-state index in [0.29, 0.717) is 0 Å². The largest absolute Gasteiger partial charge is 0.478 e. The Balaban J connectivity index is 0. The van der Waals surface area contributed by atoms with Crippen molar-refractivity contribution in [2.45, 2.75) is 0 Å². The van der Waals surface area contributed by atoms with Crippen LogP contribution in [0.4, 0.5) is 0 Å². The van der Waals surface area contributed by atoms with Gasteiger partial charge in [-0.05, 0) is 18.2 Å². The molecular formula is C8H7Cl3O4. The van der Waals surface area contributed by atoms with E-state index in [-0.39, 0.29) is 41.0 Å². The lowest BCUT2D eigenvalue weighted by Crippen LogP contribution is -2.07. The van der Waals surface area contributed by atoms with Crippen LogP contribution in [-0.4, -0.2) is 22.2 Å². The van der Waals surface area contributed by atoms with Crippen LogP contribution in [0.25, 0.3) is 0 Å². The smallest absolute Gasteiger partial charge is 0.336 e. The van der Waals surface area contributed by atoms with Gasteiger partial charge < -0.3 is 10.2 Å². The molecule has 1 aromatic rings. The van der Waals surface area contributed by atoms with Crippen molar-refractivity contribution < 1.29 is 19.8 Å². The molecule has 0 aliphatic carbocycles. The molecule has 0 saturated carbocycles. The molecule has 0 atom stereocenters. The van der Waals surface area contributed by atoms with Crippen molar-refractivity contribution in [1.29, 1.82) is 0 Å². The molecule has 0 aliphatic rings. The zero-order valence-corrected chi connectivity index (χ0v) is 9.53. The predicted molar refractivity (Wildman–Crippen MR) is 59.9 cm³/mol. The van der Waals surface area contributed by atoms with E-state index >= 15 is 0 Å². The third kappa shape index (κ3) is 3.95. The molecule has 0 amide bonds. The maximum Gasteiger partial charge on any atom is 0.336 e. The van der Waals surface area contributed by atoms with Crippen molar-refractivity contribution in [2.75, 3.05) is 0 Å². The summed E-state index contributed by atoms with van der Waals surface area (Å²) in [5.74, 6) is -2.59. The van der Waals surface area contributed by atoms with Crippen molar-refractivity contribution >= 4 is 48.4 Å². The van der Waals surface area contributed by atoms with Gasteiger partial charge in [0.15, 0.2) is 0 Å². The number of benzene rings is 1. The normalized spacial score (nSPS) is 8.33. The Morgan fingerprint density at radius 1 is 1.00 bits per heavy atom. The highest BCUT2D eigenvalue weighted by molar-refractivity contribution is 6.31. The third-order valence-corrected chi connectivity index (χ3v) is 1.68. The fourth-order valence-corrected chi connectivity index (χ4v) is 1.05. The maximum absolute atomic E-state index is 10.6. The molecule has 0 fully saturated rings. The lowest BCUT2D eigenvalue weighted by Gasteiger charge is -2.00. The molecule has 0 spiro atoms. The number of aromatic carboxylic acids is 2. The van der Waals surface area contributed by atoms with Gasteiger partial charge in [0.1, 0.15) is 0 Å². The number of hydrogen-bond donors (Lipinski definition) is 2. The second-order valence-corrected chi connectivity index (χ2v) is 2.74. The van der Waals surface area contributed by atoms with Gasteiger partial charge in [-0.2, -0.15) is 0 Å². The lowest BCUT2D eigenvalue weighted by molar-refractivity contribution is 0.0651. The minimum Gasteiger partial charge on any atom is -0.478 e. The minimum absolute atomic E-state index is 0. The Morgan fingerprint density at radius 2 is 1.47 bits per heavy atom. The third-order valence-electron chi connectivity index (χ3n) is 1.44. The van der Waals surface area contributed by atoms with Gasteiger partial charge in [0, 0.05) is 5.02 Å². The summed E-state index contributed by atoms with van der Waals surface area (Å²) in [6.45, 7) is 0. The Bertz CT molecular complexity index is 378. The van der Waals surface area contributed by atoms with E-state index in [0.717, 1.165) is 12.1 Å². The summed E-state index contributed by atoms with van der Waals surface area (Å²) in [7, 11) is 0. The van der Waals surface area contributed by atoms with E-state index in [4.69, 9.17) is 21.8 Å². The Hall–Kier alpha value is -0.970. The predicted octanol–water partition coefficient (Wildman–Crippen LogP) is 2.58. The van der Waals surface area contributed by atoms with Crippen LogP contribution in [0.1, 0.15) is 20.7 Å². The maximum atomic E-state index is 10.6. The van der Waals surface area contributed by atoms with Crippen LogP contribution in [0.15, 0.2) is 18.2 Å². The van der Waals surface area contributed by atoms with Gasteiger partial charge in [-0.1, -0.05) is 11.6 Å². The summed E-state index contributed by atoms with van der Waals surface area (Å²) < 4.78 is 0. The van der Waals surface area contributed by atoms with Crippen molar-refractivity contribution in [2.24, 2.45) is 0 Å². The molecular weight excluding hydrogens is 266 g/mol. The molecule has 0 saturated heterocycles. The molecule has 0 bridgehead atoms. The molecule has 4 nitrogen and oxygen atoms in total. The van der Waals surface area contributed by atoms with Crippen molar-refractivity contribution in [3.05, 3.63) is 34.3 Å². The van der Waals surface area contributed by atoms with Crippen LogP contribution < -0.4 is 0 Å². The van der Waals surface area contributed by atoms with Gasteiger partial charge in [0.25, 0.3) is 0 Å². The first-order valence-corrected chi connectivity index (χ1v) is 3.66. The van der Waals surface area contributed by atoms with Crippen molar-refractivity contribution in [1.82, 2.24) is 0 Å². The summed E-state index contributed by atoms with van der Waals surface area (Å²) in [6.07, 6.45) is 0. The zero-order chi connectivity index (χ0) is 10.0. The van der Waals surface area contributed by atoms with E-state index < -0.39 is 11.9 Å². The molecule has 0 aromatic heterocycles. The van der Waals surface area contributed by atoms with Crippen LogP contribution in [-0.2, 0) is 0 Å². The quantitative estimate of drug-likeness (QED) is 0.868. The van der Waals surface area contributed by atoms with Gasteiger partial charge in [-0.25, -0.2) is 9.59 Å². The number of hydrogen-bond acceptors (Lipinski definition) is 2. The van der Waals surface area contributed by atoms with E-state index in [9.17, 15) is 9.59 Å². The first kappa shape index (κ1) is 16.5.